The van der Waals surface area contributed by atoms with Gasteiger partial charge in [0.2, 0.25) is 0 Å². The predicted octanol–water partition coefficient (Wildman–Crippen LogP) is 5.67. The molecule has 168 valence electrons. The second-order valence-electron chi connectivity index (χ2n) is 6.67. The molecule has 7 nitrogen and oxygen atoms in total. The fourth-order valence-corrected chi connectivity index (χ4v) is 5.25. The molecule has 0 aliphatic carbocycles. The fourth-order valence-electron chi connectivity index (χ4n) is 3.03. The van der Waals surface area contributed by atoms with Crippen LogP contribution in [0.4, 0.5) is 0 Å². The quantitative estimate of drug-likeness (QED) is 0.351. The molecular formula is C21H12Cl4N4O3S. The van der Waals surface area contributed by atoms with Crippen LogP contribution in [0.5, 0.6) is 0 Å². The molecule has 0 unspecified atom stereocenters. The zero-order chi connectivity index (χ0) is 23.8. The van der Waals surface area contributed by atoms with E-state index >= 15 is 0 Å². The van der Waals surface area contributed by atoms with Crippen LogP contribution < -0.4 is 4.72 Å². The first-order chi connectivity index (χ1) is 15.7. The lowest BCUT2D eigenvalue weighted by Gasteiger charge is -2.11. The van der Waals surface area contributed by atoms with Crippen LogP contribution in [0, 0.1) is 0 Å². The van der Waals surface area contributed by atoms with Crippen LogP contribution in [0.1, 0.15) is 10.5 Å². The summed E-state index contributed by atoms with van der Waals surface area (Å²) in [5.41, 5.74) is 0.950. The molecule has 0 saturated carbocycles. The van der Waals surface area contributed by atoms with Crippen LogP contribution in [0.25, 0.3) is 16.9 Å². The van der Waals surface area contributed by atoms with Gasteiger partial charge in [-0.2, -0.15) is 0 Å². The Hall–Kier alpha value is -2.62. The Balaban J connectivity index is 1.81. The summed E-state index contributed by atoms with van der Waals surface area (Å²) >= 11 is 24.2. The molecule has 1 N–H and O–H groups in total. The molecule has 1 heterocycles. The highest BCUT2D eigenvalue weighted by atomic mass is 35.5. The minimum Gasteiger partial charge on any atom is -0.266 e. The lowest BCUT2D eigenvalue weighted by atomic mass is 10.1. The Morgan fingerprint density at radius 1 is 0.848 bits per heavy atom. The third-order valence-corrected chi connectivity index (χ3v) is 7.07. The molecule has 0 radical (unpaired) electrons. The summed E-state index contributed by atoms with van der Waals surface area (Å²) in [6, 6.07) is 17.3. The summed E-state index contributed by atoms with van der Waals surface area (Å²) in [6.45, 7) is 0. The highest BCUT2D eigenvalue weighted by Gasteiger charge is 2.28. The van der Waals surface area contributed by atoms with Gasteiger partial charge in [-0.05, 0) is 36.4 Å². The molecule has 0 aliphatic rings. The molecule has 0 spiro atoms. The lowest BCUT2D eigenvalue weighted by Crippen LogP contribution is -2.31. The van der Waals surface area contributed by atoms with E-state index in [1.165, 1.54) is 28.9 Å². The molecule has 0 atom stereocenters. The topological polar surface area (TPSA) is 93.9 Å². The minimum absolute atomic E-state index is 0.136. The molecule has 33 heavy (non-hydrogen) atoms. The molecule has 12 heteroatoms. The summed E-state index contributed by atoms with van der Waals surface area (Å²) in [5, 5.41) is 8.77. The number of carbonyl (C=O) groups is 1. The van der Waals surface area contributed by atoms with E-state index in [0.717, 1.165) is 0 Å². The van der Waals surface area contributed by atoms with Crippen molar-refractivity contribution in [3.8, 4) is 16.9 Å². The normalized spacial score (nSPS) is 11.4. The van der Waals surface area contributed by atoms with Crippen LogP contribution in [-0.4, -0.2) is 29.3 Å². The molecule has 3 aromatic carbocycles. The third-order valence-electron chi connectivity index (χ3n) is 4.48. The molecule has 0 aliphatic heterocycles. The van der Waals surface area contributed by atoms with Crippen LogP contribution in [0.2, 0.25) is 20.1 Å². The standard InChI is InChI=1S/C21H12Cl4N4O3S/c22-13-6-8-17(15(24)10-13)29-20(12-4-2-1-3-5-12)19(26-28-29)21(30)27-33(31,32)18-9-7-14(23)11-16(18)25/h1-11H,(H,27,30). The summed E-state index contributed by atoms with van der Waals surface area (Å²) in [4.78, 5) is 12.8. The SMILES string of the molecule is O=C(NS(=O)(=O)c1ccc(Cl)cc1Cl)c1nnn(-c2ccc(Cl)cc2Cl)c1-c1ccccc1. The molecule has 0 fully saturated rings. The van der Waals surface area contributed by atoms with E-state index in [0.29, 0.717) is 16.3 Å². The molecule has 0 saturated heterocycles. The van der Waals surface area contributed by atoms with Gasteiger partial charge in [0.25, 0.3) is 15.9 Å². The number of sulfonamides is 1. The Labute approximate surface area is 208 Å². The largest absolute Gasteiger partial charge is 0.287 e. The van der Waals surface area contributed by atoms with Gasteiger partial charge in [0, 0.05) is 15.6 Å². The van der Waals surface area contributed by atoms with E-state index in [9.17, 15) is 13.2 Å². The van der Waals surface area contributed by atoms with Gasteiger partial charge in [0.15, 0.2) is 5.69 Å². The van der Waals surface area contributed by atoms with Crippen LogP contribution >= 0.6 is 46.4 Å². The van der Waals surface area contributed by atoms with Crippen molar-refractivity contribution >= 4 is 62.3 Å². The van der Waals surface area contributed by atoms with E-state index in [1.807, 2.05) is 4.72 Å². The minimum atomic E-state index is -4.33. The number of benzene rings is 3. The third kappa shape index (κ3) is 4.85. The van der Waals surface area contributed by atoms with Crippen molar-refractivity contribution in [1.29, 1.82) is 0 Å². The Kier molecular flexibility index (Phi) is 6.65. The number of amides is 1. The Morgan fingerprint density at radius 3 is 2.12 bits per heavy atom. The van der Waals surface area contributed by atoms with Gasteiger partial charge in [0.05, 0.1) is 15.7 Å². The maximum absolute atomic E-state index is 13.1. The number of nitrogens with zero attached hydrogens (tertiary/aromatic N) is 3. The number of hydrogen-bond donors (Lipinski definition) is 1. The molecule has 0 bridgehead atoms. The Bertz CT molecular complexity index is 1470. The number of halogens is 4. The van der Waals surface area contributed by atoms with Gasteiger partial charge >= 0.3 is 0 Å². The first-order valence-corrected chi connectivity index (χ1v) is 12.2. The van der Waals surface area contributed by atoms with Crippen molar-refractivity contribution in [2.75, 3.05) is 0 Å². The van der Waals surface area contributed by atoms with E-state index < -0.39 is 15.9 Å². The number of rotatable bonds is 5. The van der Waals surface area contributed by atoms with Crippen molar-refractivity contribution in [2.24, 2.45) is 0 Å². The van der Waals surface area contributed by atoms with Gasteiger partial charge in [-0.15, -0.1) is 5.10 Å². The predicted molar refractivity (Wildman–Crippen MR) is 128 cm³/mol. The van der Waals surface area contributed by atoms with E-state index in [4.69, 9.17) is 46.4 Å². The summed E-state index contributed by atoms with van der Waals surface area (Å²) < 4.78 is 28.9. The molecular weight excluding hydrogens is 530 g/mol. The summed E-state index contributed by atoms with van der Waals surface area (Å²) in [7, 11) is -4.33. The smallest absolute Gasteiger partial charge is 0.266 e. The zero-order valence-corrected chi connectivity index (χ0v) is 20.2. The van der Waals surface area contributed by atoms with E-state index in [-0.39, 0.29) is 31.4 Å². The Morgan fingerprint density at radius 2 is 1.48 bits per heavy atom. The van der Waals surface area contributed by atoms with Crippen LogP contribution in [0.15, 0.2) is 71.6 Å². The number of hydrogen-bond acceptors (Lipinski definition) is 5. The van der Waals surface area contributed by atoms with Gasteiger partial charge in [0.1, 0.15) is 10.6 Å². The van der Waals surface area contributed by atoms with Crippen molar-refractivity contribution < 1.29 is 13.2 Å². The van der Waals surface area contributed by atoms with E-state index in [2.05, 4.69) is 10.3 Å². The average molecular weight is 542 g/mol. The molecule has 1 aromatic heterocycles. The van der Waals surface area contributed by atoms with Crippen LogP contribution in [-0.2, 0) is 10.0 Å². The van der Waals surface area contributed by atoms with Crippen molar-refractivity contribution in [3.63, 3.8) is 0 Å². The van der Waals surface area contributed by atoms with Crippen LogP contribution in [0.3, 0.4) is 0 Å². The van der Waals surface area contributed by atoms with Gasteiger partial charge < -0.3 is 0 Å². The van der Waals surface area contributed by atoms with Crippen molar-refractivity contribution in [1.82, 2.24) is 19.7 Å². The maximum atomic E-state index is 13.1. The number of nitrogens with one attached hydrogen (secondary N) is 1. The maximum Gasteiger partial charge on any atom is 0.287 e. The molecule has 1 amide bonds. The molecule has 4 aromatic rings. The summed E-state index contributed by atoms with van der Waals surface area (Å²) in [6.07, 6.45) is 0. The zero-order valence-electron chi connectivity index (χ0n) is 16.3. The lowest BCUT2D eigenvalue weighted by molar-refractivity contribution is 0.0977. The average Bonchev–Trinajstić information content (AvgIpc) is 3.19. The fraction of sp³-hybridized carbons (Fsp3) is 0. The van der Waals surface area contributed by atoms with Crippen molar-refractivity contribution in [2.45, 2.75) is 4.90 Å². The number of aromatic nitrogens is 3. The highest BCUT2D eigenvalue weighted by Crippen LogP contribution is 2.31. The van der Waals surface area contributed by atoms with Gasteiger partial charge in [-0.25, -0.2) is 17.8 Å². The monoisotopic (exact) mass is 540 g/mol. The van der Waals surface area contributed by atoms with E-state index in [1.54, 1.807) is 42.5 Å². The first-order valence-electron chi connectivity index (χ1n) is 9.16. The highest BCUT2D eigenvalue weighted by molar-refractivity contribution is 7.90. The van der Waals surface area contributed by atoms with Gasteiger partial charge in [-0.1, -0.05) is 81.9 Å². The molecule has 4 rings (SSSR count). The summed E-state index contributed by atoms with van der Waals surface area (Å²) in [5.74, 6) is -1.00. The second kappa shape index (κ2) is 9.32. The van der Waals surface area contributed by atoms with Gasteiger partial charge in [-0.3, -0.25) is 4.79 Å². The van der Waals surface area contributed by atoms with Crippen molar-refractivity contribution in [3.05, 3.63) is 92.5 Å². The second-order valence-corrected chi connectivity index (χ2v) is 10.0. The first kappa shape index (κ1) is 23.5. The number of carbonyl (C=O) groups excluding carboxylic acids is 1.